The minimum absolute atomic E-state index is 0.326. The molecule has 0 saturated heterocycles. The van der Waals surface area contributed by atoms with Gasteiger partial charge in [-0.2, -0.15) is 5.10 Å². The zero-order valence-corrected chi connectivity index (χ0v) is 8.88. The maximum atomic E-state index is 5.70. The molecule has 1 aromatic heterocycles. The second kappa shape index (κ2) is 3.73. The molecular formula is C11H14N4. The maximum absolute atomic E-state index is 5.70. The van der Waals surface area contributed by atoms with Gasteiger partial charge in [-0.05, 0) is 26.0 Å². The van der Waals surface area contributed by atoms with Crippen LogP contribution in [0.3, 0.4) is 0 Å². The third-order valence-electron chi connectivity index (χ3n) is 2.18. The molecule has 2 N–H and O–H groups in total. The van der Waals surface area contributed by atoms with Crippen LogP contribution in [-0.2, 0) is 0 Å². The van der Waals surface area contributed by atoms with E-state index in [4.69, 9.17) is 5.73 Å². The fourth-order valence-corrected chi connectivity index (χ4v) is 1.33. The lowest BCUT2D eigenvalue weighted by molar-refractivity contribution is 0.532. The first-order valence-electron chi connectivity index (χ1n) is 4.94. The van der Waals surface area contributed by atoms with Crippen molar-refractivity contribution in [3.8, 4) is 11.4 Å². The van der Waals surface area contributed by atoms with Gasteiger partial charge in [-0.25, -0.2) is 9.67 Å². The molecule has 78 valence electrons. The Morgan fingerprint density at radius 3 is 2.73 bits per heavy atom. The zero-order chi connectivity index (χ0) is 10.8. The van der Waals surface area contributed by atoms with Crippen molar-refractivity contribution >= 4 is 5.69 Å². The minimum atomic E-state index is 0.326. The lowest BCUT2D eigenvalue weighted by atomic mass is 10.2. The van der Waals surface area contributed by atoms with E-state index in [2.05, 4.69) is 23.9 Å². The van der Waals surface area contributed by atoms with Crippen LogP contribution in [0.15, 0.2) is 30.6 Å². The number of benzene rings is 1. The highest BCUT2D eigenvalue weighted by Crippen LogP contribution is 2.17. The van der Waals surface area contributed by atoms with Crippen LogP contribution in [0.4, 0.5) is 5.69 Å². The predicted molar refractivity (Wildman–Crippen MR) is 60.3 cm³/mol. The first-order chi connectivity index (χ1) is 7.16. The van der Waals surface area contributed by atoms with E-state index in [1.807, 2.05) is 28.9 Å². The van der Waals surface area contributed by atoms with Crippen LogP contribution in [0.5, 0.6) is 0 Å². The molecule has 1 heterocycles. The third kappa shape index (κ3) is 1.98. The SMILES string of the molecule is CC(C)n1cnc(-c2cccc(N)c2)n1. The summed E-state index contributed by atoms with van der Waals surface area (Å²) in [5, 5.41) is 4.37. The van der Waals surface area contributed by atoms with Gasteiger partial charge >= 0.3 is 0 Å². The summed E-state index contributed by atoms with van der Waals surface area (Å²) in [6, 6.07) is 7.91. The summed E-state index contributed by atoms with van der Waals surface area (Å²) in [5.74, 6) is 0.719. The smallest absolute Gasteiger partial charge is 0.181 e. The van der Waals surface area contributed by atoms with E-state index in [0.29, 0.717) is 6.04 Å². The Balaban J connectivity index is 2.37. The van der Waals surface area contributed by atoms with E-state index < -0.39 is 0 Å². The molecule has 4 nitrogen and oxygen atoms in total. The summed E-state index contributed by atoms with van der Waals surface area (Å²) >= 11 is 0. The van der Waals surface area contributed by atoms with Gasteiger partial charge in [0.2, 0.25) is 0 Å². The van der Waals surface area contributed by atoms with Crippen molar-refractivity contribution in [1.29, 1.82) is 0 Å². The van der Waals surface area contributed by atoms with Gasteiger partial charge in [-0.3, -0.25) is 0 Å². The first kappa shape index (κ1) is 9.71. The van der Waals surface area contributed by atoms with E-state index in [1.165, 1.54) is 0 Å². The monoisotopic (exact) mass is 202 g/mol. The fraction of sp³-hybridized carbons (Fsp3) is 0.273. The second-order valence-electron chi connectivity index (χ2n) is 3.77. The average Bonchev–Trinajstić information content (AvgIpc) is 2.66. The molecule has 0 bridgehead atoms. The van der Waals surface area contributed by atoms with Gasteiger partial charge in [0.15, 0.2) is 5.82 Å². The molecule has 15 heavy (non-hydrogen) atoms. The van der Waals surface area contributed by atoms with Crippen LogP contribution in [0.25, 0.3) is 11.4 Å². The molecule has 0 aliphatic rings. The molecule has 0 aliphatic carbocycles. The Labute approximate surface area is 88.8 Å². The average molecular weight is 202 g/mol. The Bertz CT molecular complexity index is 459. The highest BCUT2D eigenvalue weighted by molar-refractivity contribution is 5.60. The summed E-state index contributed by atoms with van der Waals surface area (Å²) in [5.41, 5.74) is 7.38. The van der Waals surface area contributed by atoms with Gasteiger partial charge in [0.05, 0.1) is 0 Å². The second-order valence-corrected chi connectivity index (χ2v) is 3.77. The lowest BCUT2D eigenvalue weighted by Crippen LogP contribution is -2.00. The first-order valence-corrected chi connectivity index (χ1v) is 4.94. The number of anilines is 1. The van der Waals surface area contributed by atoms with Crippen LogP contribution in [0, 0.1) is 0 Å². The minimum Gasteiger partial charge on any atom is -0.399 e. The molecule has 1 aromatic carbocycles. The summed E-state index contributed by atoms with van der Waals surface area (Å²) in [6.07, 6.45) is 1.74. The molecule has 0 radical (unpaired) electrons. The van der Waals surface area contributed by atoms with E-state index >= 15 is 0 Å². The number of hydrogen-bond acceptors (Lipinski definition) is 3. The normalized spacial score (nSPS) is 10.9. The quantitative estimate of drug-likeness (QED) is 0.759. The predicted octanol–water partition coefficient (Wildman–Crippen LogP) is 2.11. The standard InChI is InChI=1S/C11H14N4/c1-8(2)15-7-13-11(14-15)9-4-3-5-10(12)6-9/h3-8H,12H2,1-2H3. The van der Waals surface area contributed by atoms with Crippen LogP contribution in [0.1, 0.15) is 19.9 Å². The number of nitrogens with zero attached hydrogens (tertiary/aromatic N) is 3. The lowest BCUT2D eigenvalue weighted by Gasteiger charge is -2.02. The van der Waals surface area contributed by atoms with Gasteiger partial charge in [-0.1, -0.05) is 12.1 Å². The maximum Gasteiger partial charge on any atom is 0.181 e. The van der Waals surface area contributed by atoms with Gasteiger partial charge < -0.3 is 5.73 Å². The number of nitrogen functional groups attached to an aromatic ring is 1. The molecule has 2 rings (SSSR count). The molecule has 0 aliphatic heterocycles. The van der Waals surface area contributed by atoms with E-state index in [1.54, 1.807) is 6.33 Å². The molecule has 0 unspecified atom stereocenters. The van der Waals surface area contributed by atoms with E-state index in [-0.39, 0.29) is 0 Å². The molecule has 0 amide bonds. The van der Waals surface area contributed by atoms with Crippen molar-refractivity contribution in [3.63, 3.8) is 0 Å². The summed E-state index contributed by atoms with van der Waals surface area (Å²) in [7, 11) is 0. The number of rotatable bonds is 2. The highest BCUT2D eigenvalue weighted by Gasteiger charge is 2.05. The van der Waals surface area contributed by atoms with Crippen molar-refractivity contribution in [3.05, 3.63) is 30.6 Å². The van der Waals surface area contributed by atoms with Crippen LogP contribution in [0.2, 0.25) is 0 Å². The zero-order valence-electron chi connectivity index (χ0n) is 8.88. The molecule has 0 saturated carbocycles. The summed E-state index contributed by atoms with van der Waals surface area (Å²) < 4.78 is 1.83. The van der Waals surface area contributed by atoms with Crippen LogP contribution in [-0.4, -0.2) is 14.8 Å². The van der Waals surface area contributed by atoms with Crippen molar-refractivity contribution < 1.29 is 0 Å². The molecule has 0 atom stereocenters. The topological polar surface area (TPSA) is 56.7 Å². The van der Waals surface area contributed by atoms with Crippen molar-refractivity contribution in [2.24, 2.45) is 0 Å². The largest absolute Gasteiger partial charge is 0.399 e. The number of hydrogen-bond donors (Lipinski definition) is 1. The van der Waals surface area contributed by atoms with Gasteiger partial charge in [0.1, 0.15) is 6.33 Å². The summed E-state index contributed by atoms with van der Waals surface area (Å²) in [6.45, 7) is 4.13. The Kier molecular flexibility index (Phi) is 2.41. The molecular weight excluding hydrogens is 188 g/mol. The number of aromatic nitrogens is 3. The van der Waals surface area contributed by atoms with Gasteiger partial charge in [-0.15, -0.1) is 0 Å². The Morgan fingerprint density at radius 1 is 1.33 bits per heavy atom. The van der Waals surface area contributed by atoms with Crippen molar-refractivity contribution in [1.82, 2.24) is 14.8 Å². The van der Waals surface area contributed by atoms with Gasteiger partial charge in [0.25, 0.3) is 0 Å². The highest BCUT2D eigenvalue weighted by atomic mass is 15.3. The Hall–Kier alpha value is -1.84. The van der Waals surface area contributed by atoms with E-state index in [0.717, 1.165) is 17.1 Å². The molecule has 2 aromatic rings. The van der Waals surface area contributed by atoms with Crippen molar-refractivity contribution in [2.45, 2.75) is 19.9 Å². The fourth-order valence-electron chi connectivity index (χ4n) is 1.33. The Morgan fingerprint density at radius 2 is 2.13 bits per heavy atom. The number of nitrogens with two attached hydrogens (primary N) is 1. The molecule has 0 spiro atoms. The van der Waals surface area contributed by atoms with Crippen LogP contribution < -0.4 is 5.73 Å². The summed E-state index contributed by atoms with van der Waals surface area (Å²) in [4.78, 5) is 4.25. The van der Waals surface area contributed by atoms with E-state index in [9.17, 15) is 0 Å². The third-order valence-corrected chi connectivity index (χ3v) is 2.18. The van der Waals surface area contributed by atoms with Gasteiger partial charge in [0, 0.05) is 17.3 Å². The van der Waals surface area contributed by atoms with Crippen molar-refractivity contribution in [2.75, 3.05) is 5.73 Å². The molecule has 0 fully saturated rings. The van der Waals surface area contributed by atoms with Crippen LogP contribution >= 0.6 is 0 Å². The molecule has 4 heteroatoms.